The van der Waals surface area contributed by atoms with Gasteiger partial charge in [0.15, 0.2) is 0 Å². The van der Waals surface area contributed by atoms with Crippen molar-refractivity contribution in [1.82, 2.24) is 4.90 Å². The van der Waals surface area contributed by atoms with E-state index in [1.54, 1.807) is 6.07 Å². The highest BCUT2D eigenvalue weighted by atomic mass is 16.5. The first kappa shape index (κ1) is 20.7. The first-order chi connectivity index (χ1) is 14.1. The third-order valence-electron chi connectivity index (χ3n) is 4.76. The molecule has 3 heteroatoms. The smallest absolute Gasteiger partial charge is 0.119 e. The van der Waals surface area contributed by atoms with E-state index < -0.39 is 0 Å². The third-order valence-corrected chi connectivity index (χ3v) is 4.76. The second-order valence-corrected chi connectivity index (χ2v) is 7.44. The standard InChI is InChI=1S/C26H29NO2/c1-27(2)17-18-29-26-15-12-21(13-16-26)11-14-24(23-8-4-3-5-9-23)19-22-7-6-10-25(28)20-22/h3-10,12-16,20,28H,11,17-19H2,1-2H3/b24-14-. The maximum Gasteiger partial charge on any atom is 0.119 e. The Morgan fingerprint density at radius 3 is 2.34 bits per heavy atom. The topological polar surface area (TPSA) is 32.7 Å². The van der Waals surface area contributed by atoms with E-state index in [9.17, 15) is 5.11 Å². The third kappa shape index (κ3) is 6.81. The number of phenols is 1. The van der Waals surface area contributed by atoms with Gasteiger partial charge in [0, 0.05) is 6.54 Å². The van der Waals surface area contributed by atoms with Crippen LogP contribution in [0.2, 0.25) is 0 Å². The normalized spacial score (nSPS) is 11.6. The minimum atomic E-state index is 0.305. The maximum atomic E-state index is 9.79. The van der Waals surface area contributed by atoms with Crippen LogP contribution < -0.4 is 4.74 Å². The average Bonchev–Trinajstić information content (AvgIpc) is 2.72. The predicted octanol–water partition coefficient (Wildman–Crippen LogP) is 5.20. The Balaban J connectivity index is 1.71. The van der Waals surface area contributed by atoms with Crippen LogP contribution in [0.3, 0.4) is 0 Å². The lowest BCUT2D eigenvalue weighted by Crippen LogP contribution is -2.19. The van der Waals surface area contributed by atoms with Crippen LogP contribution in [0, 0.1) is 0 Å². The highest BCUT2D eigenvalue weighted by Crippen LogP contribution is 2.23. The highest BCUT2D eigenvalue weighted by molar-refractivity contribution is 5.68. The number of aromatic hydroxyl groups is 1. The van der Waals surface area contributed by atoms with E-state index in [1.165, 1.54) is 16.7 Å². The Morgan fingerprint density at radius 2 is 1.66 bits per heavy atom. The second kappa shape index (κ2) is 10.5. The second-order valence-electron chi connectivity index (χ2n) is 7.44. The van der Waals surface area contributed by atoms with Gasteiger partial charge in [-0.15, -0.1) is 0 Å². The van der Waals surface area contributed by atoms with E-state index in [1.807, 2.05) is 44.4 Å². The molecule has 3 aromatic carbocycles. The number of benzene rings is 3. The summed E-state index contributed by atoms with van der Waals surface area (Å²) < 4.78 is 5.78. The van der Waals surface area contributed by atoms with E-state index in [2.05, 4.69) is 53.4 Å². The van der Waals surface area contributed by atoms with Gasteiger partial charge in [-0.05, 0) is 73.5 Å². The molecule has 0 aliphatic carbocycles. The maximum absolute atomic E-state index is 9.79. The number of ether oxygens (including phenoxy) is 1. The van der Waals surface area contributed by atoms with Crippen molar-refractivity contribution in [2.45, 2.75) is 12.8 Å². The van der Waals surface area contributed by atoms with E-state index in [0.29, 0.717) is 12.4 Å². The lowest BCUT2D eigenvalue weighted by atomic mass is 9.96. The number of hydrogen-bond acceptors (Lipinski definition) is 3. The van der Waals surface area contributed by atoms with Crippen LogP contribution in [0.4, 0.5) is 0 Å². The van der Waals surface area contributed by atoms with Gasteiger partial charge in [0.05, 0.1) is 0 Å². The Labute approximate surface area is 173 Å². The summed E-state index contributed by atoms with van der Waals surface area (Å²) in [7, 11) is 4.08. The van der Waals surface area contributed by atoms with Gasteiger partial charge in [-0.1, -0.05) is 60.7 Å². The van der Waals surface area contributed by atoms with Crippen molar-refractivity contribution >= 4 is 5.57 Å². The lowest BCUT2D eigenvalue weighted by Gasteiger charge is -2.11. The summed E-state index contributed by atoms with van der Waals surface area (Å²) in [6, 6.07) is 26.2. The summed E-state index contributed by atoms with van der Waals surface area (Å²) >= 11 is 0. The van der Waals surface area contributed by atoms with Gasteiger partial charge < -0.3 is 14.7 Å². The summed E-state index contributed by atoms with van der Waals surface area (Å²) in [5.41, 5.74) is 4.81. The molecule has 29 heavy (non-hydrogen) atoms. The van der Waals surface area contributed by atoms with Crippen molar-refractivity contribution < 1.29 is 9.84 Å². The molecule has 0 heterocycles. The molecule has 0 aliphatic rings. The molecule has 3 rings (SSSR count). The zero-order valence-corrected chi connectivity index (χ0v) is 17.2. The van der Waals surface area contributed by atoms with E-state index >= 15 is 0 Å². The SMILES string of the molecule is CN(C)CCOc1ccc(C/C=C(/Cc2cccc(O)c2)c2ccccc2)cc1. The summed E-state index contributed by atoms with van der Waals surface area (Å²) in [6.45, 7) is 1.59. The Kier molecular flexibility index (Phi) is 7.48. The molecule has 1 N–H and O–H groups in total. The van der Waals surface area contributed by atoms with Crippen molar-refractivity contribution in [3.05, 3.63) is 102 Å². The molecule has 0 aliphatic heterocycles. The highest BCUT2D eigenvalue weighted by Gasteiger charge is 2.05. The fourth-order valence-corrected chi connectivity index (χ4v) is 3.14. The lowest BCUT2D eigenvalue weighted by molar-refractivity contribution is 0.261. The molecule has 0 radical (unpaired) electrons. The van der Waals surface area contributed by atoms with Crippen LogP contribution >= 0.6 is 0 Å². The number of likely N-dealkylation sites (N-methyl/N-ethyl adjacent to an activating group) is 1. The average molecular weight is 388 g/mol. The molecule has 0 aromatic heterocycles. The quantitative estimate of drug-likeness (QED) is 0.548. The van der Waals surface area contributed by atoms with Gasteiger partial charge >= 0.3 is 0 Å². The zero-order valence-electron chi connectivity index (χ0n) is 17.2. The fraction of sp³-hybridized carbons (Fsp3) is 0.231. The van der Waals surface area contributed by atoms with E-state index in [4.69, 9.17) is 4.74 Å². The molecule has 0 atom stereocenters. The Hall–Kier alpha value is -3.04. The Morgan fingerprint density at radius 1 is 0.897 bits per heavy atom. The number of rotatable bonds is 9. The monoisotopic (exact) mass is 387 g/mol. The molecule has 0 fully saturated rings. The predicted molar refractivity (Wildman–Crippen MR) is 120 cm³/mol. The number of allylic oxidation sites excluding steroid dienone is 2. The summed E-state index contributed by atoms with van der Waals surface area (Å²) in [5.74, 6) is 1.21. The molecule has 0 amide bonds. The molecular weight excluding hydrogens is 358 g/mol. The minimum absolute atomic E-state index is 0.305. The zero-order chi connectivity index (χ0) is 20.5. The Bertz CT molecular complexity index is 915. The van der Waals surface area contributed by atoms with E-state index in [-0.39, 0.29) is 0 Å². The summed E-state index contributed by atoms with van der Waals surface area (Å²) in [4.78, 5) is 2.11. The van der Waals surface area contributed by atoms with Crippen LogP contribution in [-0.4, -0.2) is 37.3 Å². The van der Waals surface area contributed by atoms with Crippen molar-refractivity contribution in [3.8, 4) is 11.5 Å². The van der Waals surface area contributed by atoms with E-state index in [0.717, 1.165) is 30.7 Å². The van der Waals surface area contributed by atoms with Gasteiger partial charge in [0.1, 0.15) is 18.1 Å². The molecule has 0 bridgehead atoms. The van der Waals surface area contributed by atoms with Gasteiger partial charge in [-0.2, -0.15) is 0 Å². The molecule has 0 saturated carbocycles. The van der Waals surface area contributed by atoms with Gasteiger partial charge in [-0.25, -0.2) is 0 Å². The fourth-order valence-electron chi connectivity index (χ4n) is 3.14. The van der Waals surface area contributed by atoms with Gasteiger partial charge in [0.2, 0.25) is 0 Å². The van der Waals surface area contributed by atoms with Crippen molar-refractivity contribution in [2.24, 2.45) is 0 Å². The van der Waals surface area contributed by atoms with Crippen LogP contribution in [0.5, 0.6) is 11.5 Å². The molecule has 150 valence electrons. The van der Waals surface area contributed by atoms with Crippen molar-refractivity contribution in [2.75, 3.05) is 27.2 Å². The van der Waals surface area contributed by atoms with Crippen LogP contribution in [0.25, 0.3) is 5.57 Å². The van der Waals surface area contributed by atoms with Crippen LogP contribution in [0.15, 0.2) is 84.9 Å². The molecule has 0 unspecified atom stereocenters. The largest absolute Gasteiger partial charge is 0.508 e. The summed E-state index contributed by atoms with van der Waals surface area (Å²) in [5, 5.41) is 9.79. The van der Waals surface area contributed by atoms with Crippen molar-refractivity contribution in [3.63, 3.8) is 0 Å². The van der Waals surface area contributed by atoms with Gasteiger partial charge in [0.25, 0.3) is 0 Å². The molecule has 3 aromatic rings. The molecule has 3 nitrogen and oxygen atoms in total. The summed E-state index contributed by atoms with van der Waals surface area (Å²) in [6.07, 6.45) is 3.91. The van der Waals surface area contributed by atoms with Crippen LogP contribution in [-0.2, 0) is 12.8 Å². The van der Waals surface area contributed by atoms with Crippen molar-refractivity contribution in [1.29, 1.82) is 0 Å². The number of nitrogens with zero attached hydrogens (tertiary/aromatic N) is 1. The first-order valence-electron chi connectivity index (χ1n) is 9.99. The number of hydrogen-bond donors (Lipinski definition) is 1. The molecular formula is C26H29NO2. The van der Waals surface area contributed by atoms with Gasteiger partial charge in [-0.3, -0.25) is 0 Å². The number of phenolic OH excluding ortho intramolecular Hbond substituents is 1. The minimum Gasteiger partial charge on any atom is -0.508 e. The van der Waals surface area contributed by atoms with Crippen LogP contribution in [0.1, 0.15) is 16.7 Å². The first-order valence-corrected chi connectivity index (χ1v) is 9.99. The molecule has 0 spiro atoms. The molecule has 0 saturated heterocycles.